The van der Waals surface area contributed by atoms with Crippen molar-refractivity contribution in [1.82, 2.24) is 0 Å². The Hall–Kier alpha value is -1.86. The van der Waals surface area contributed by atoms with Gasteiger partial charge in [-0.3, -0.25) is 0 Å². The molecule has 1 heteroatoms. The average molecular weight is 335 g/mol. The van der Waals surface area contributed by atoms with E-state index in [1.807, 2.05) is 0 Å². The van der Waals surface area contributed by atoms with Crippen LogP contribution in [0.3, 0.4) is 0 Å². The van der Waals surface area contributed by atoms with Gasteiger partial charge in [0.1, 0.15) is 0 Å². The van der Waals surface area contributed by atoms with Crippen LogP contribution < -0.4 is 0 Å². The van der Waals surface area contributed by atoms with Crippen molar-refractivity contribution >= 4 is 12.2 Å². The molecule has 0 radical (unpaired) electrons. The van der Waals surface area contributed by atoms with E-state index < -0.39 is 0 Å². The summed E-state index contributed by atoms with van der Waals surface area (Å²) >= 11 is 0. The van der Waals surface area contributed by atoms with E-state index in [2.05, 4.69) is 83.2 Å². The van der Waals surface area contributed by atoms with Crippen molar-refractivity contribution in [2.24, 2.45) is 0 Å². The second-order valence-electron chi connectivity index (χ2n) is 8.77. The minimum absolute atomic E-state index is 0.0807. The highest BCUT2D eigenvalue weighted by atomic mass is 16.3. The zero-order valence-corrected chi connectivity index (χ0v) is 16.2. The first-order valence-electron chi connectivity index (χ1n) is 9.26. The van der Waals surface area contributed by atoms with Crippen LogP contribution >= 0.6 is 0 Å². The first kappa shape index (κ1) is 17.9. The standard InChI is InChI=1S/C24H30O/c1-17-6-8-18(9-7-17)10-11-19-14-21-22(15-20(19)16-25)24(4,5)13-12-23(21,2)3/h6-11,14-15,25H,12-13,16H2,1-5H3/b11-10+. The predicted molar refractivity (Wildman–Crippen MR) is 108 cm³/mol. The fraction of sp³-hybridized carbons (Fsp3) is 0.417. The molecule has 0 saturated heterocycles. The van der Waals surface area contributed by atoms with Crippen molar-refractivity contribution < 1.29 is 5.11 Å². The van der Waals surface area contributed by atoms with Gasteiger partial charge in [0, 0.05) is 0 Å². The molecule has 2 aromatic carbocycles. The minimum Gasteiger partial charge on any atom is -0.392 e. The molecule has 1 aliphatic rings. The van der Waals surface area contributed by atoms with Crippen LogP contribution in [0, 0.1) is 6.92 Å². The van der Waals surface area contributed by atoms with E-state index in [1.54, 1.807) is 0 Å². The van der Waals surface area contributed by atoms with E-state index in [1.165, 1.54) is 35.1 Å². The normalized spacial score (nSPS) is 18.3. The first-order valence-corrected chi connectivity index (χ1v) is 9.26. The summed E-state index contributed by atoms with van der Waals surface area (Å²) in [5, 5.41) is 9.92. The number of aliphatic hydroxyl groups is 1. The largest absolute Gasteiger partial charge is 0.392 e. The van der Waals surface area contributed by atoms with Crippen LogP contribution in [0.4, 0.5) is 0 Å². The van der Waals surface area contributed by atoms with Gasteiger partial charge in [-0.1, -0.05) is 81.8 Å². The summed E-state index contributed by atoms with van der Waals surface area (Å²) in [4.78, 5) is 0. The lowest BCUT2D eigenvalue weighted by atomic mass is 9.62. The molecule has 0 aliphatic heterocycles. The van der Waals surface area contributed by atoms with E-state index in [-0.39, 0.29) is 17.4 Å². The number of rotatable bonds is 3. The van der Waals surface area contributed by atoms with Gasteiger partial charge in [-0.2, -0.15) is 0 Å². The number of benzene rings is 2. The van der Waals surface area contributed by atoms with Crippen molar-refractivity contribution in [3.63, 3.8) is 0 Å². The predicted octanol–water partition coefficient (Wildman–Crippen LogP) is 6.01. The van der Waals surface area contributed by atoms with Crippen molar-refractivity contribution in [3.05, 3.63) is 69.8 Å². The van der Waals surface area contributed by atoms with Crippen LogP contribution in [0.5, 0.6) is 0 Å². The minimum atomic E-state index is 0.0807. The van der Waals surface area contributed by atoms with Crippen LogP contribution in [-0.2, 0) is 17.4 Å². The maximum atomic E-state index is 9.92. The Kier molecular flexibility index (Phi) is 4.64. The Labute approximate surface area is 152 Å². The fourth-order valence-electron chi connectivity index (χ4n) is 3.83. The molecule has 0 unspecified atom stereocenters. The molecule has 0 aromatic heterocycles. The highest BCUT2D eigenvalue weighted by molar-refractivity contribution is 5.72. The van der Waals surface area contributed by atoms with Crippen LogP contribution in [0.1, 0.15) is 73.9 Å². The lowest BCUT2D eigenvalue weighted by Crippen LogP contribution is -2.34. The molecular formula is C24H30O. The number of hydrogen-bond donors (Lipinski definition) is 1. The molecule has 0 spiro atoms. The molecule has 132 valence electrons. The quantitative estimate of drug-likeness (QED) is 0.682. The second kappa shape index (κ2) is 6.46. The molecule has 2 aromatic rings. The van der Waals surface area contributed by atoms with E-state index in [0.717, 1.165) is 11.1 Å². The summed E-state index contributed by atoms with van der Waals surface area (Å²) in [5.41, 5.74) is 7.81. The number of hydrogen-bond acceptors (Lipinski definition) is 1. The van der Waals surface area contributed by atoms with Gasteiger partial charge in [0.15, 0.2) is 0 Å². The van der Waals surface area contributed by atoms with Crippen LogP contribution in [-0.4, -0.2) is 5.11 Å². The van der Waals surface area contributed by atoms with E-state index >= 15 is 0 Å². The number of aliphatic hydroxyl groups excluding tert-OH is 1. The molecule has 0 saturated carbocycles. The van der Waals surface area contributed by atoms with Crippen molar-refractivity contribution in [2.45, 2.75) is 64.9 Å². The lowest BCUT2D eigenvalue weighted by molar-refractivity contribution is 0.279. The zero-order valence-electron chi connectivity index (χ0n) is 16.2. The summed E-state index contributed by atoms with van der Waals surface area (Å²) in [6.45, 7) is 11.5. The molecule has 0 bridgehead atoms. The summed E-state index contributed by atoms with van der Waals surface area (Å²) < 4.78 is 0. The molecule has 0 amide bonds. The number of aryl methyl sites for hydroxylation is 1. The Morgan fingerprint density at radius 1 is 0.880 bits per heavy atom. The Morgan fingerprint density at radius 3 is 2.00 bits per heavy atom. The summed E-state index contributed by atoms with van der Waals surface area (Å²) in [6, 6.07) is 13.1. The third-order valence-electron chi connectivity index (χ3n) is 5.82. The SMILES string of the molecule is Cc1ccc(/C=C/c2cc3c(cc2CO)C(C)(C)CCC3(C)C)cc1. The molecule has 1 N–H and O–H groups in total. The third kappa shape index (κ3) is 3.57. The lowest BCUT2D eigenvalue weighted by Gasteiger charge is -2.42. The Bertz CT molecular complexity index is 792. The van der Waals surface area contributed by atoms with Gasteiger partial charge in [-0.25, -0.2) is 0 Å². The second-order valence-corrected chi connectivity index (χ2v) is 8.77. The molecule has 0 fully saturated rings. The molecule has 1 nitrogen and oxygen atoms in total. The maximum absolute atomic E-state index is 9.92. The van der Waals surface area contributed by atoms with Gasteiger partial charge in [0.05, 0.1) is 6.61 Å². The first-order chi connectivity index (χ1) is 11.7. The van der Waals surface area contributed by atoms with Crippen molar-refractivity contribution in [2.75, 3.05) is 0 Å². The van der Waals surface area contributed by atoms with Gasteiger partial charge in [0.25, 0.3) is 0 Å². The van der Waals surface area contributed by atoms with Crippen molar-refractivity contribution in [1.29, 1.82) is 0 Å². The van der Waals surface area contributed by atoms with Gasteiger partial charge in [-0.15, -0.1) is 0 Å². The van der Waals surface area contributed by atoms with Crippen LogP contribution in [0.2, 0.25) is 0 Å². The fourth-order valence-corrected chi connectivity index (χ4v) is 3.83. The maximum Gasteiger partial charge on any atom is 0.0687 e. The molecule has 0 heterocycles. The molecular weight excluding hydrogens is 304 g/mol. The summed E-state index contributed by atoms with van der Waals surface area (Å²) in [6.07, 6.45) is 6.68. The van der Waals surface area contributed by atoms with Gasteiger partial charge in [-0.05, 0) is 58.4 Å². The molecule has 1 aliphatic carbocycles. The van der Waals surface area contributed by atoms with Gasteiger partial charge >= 0.3 is 0 Å². The molecule has 0 atom stereocenters. The van der Waals surface area contributed by atoms with Gasteiger partial charge in [0.2, 0.25) is 0 Å². The van der Waals surface area contributed by atoms with E-state index in [4.69, 9.17) is 0 Å². The third-order valence-corrected chi connectivity index (χ3v) is 5.82. The molecule has 25 heavy (non-hydrogen) atoms. The Morgan fingerprint density at radius 2 is 1.44 bits per heavy atom. The Balaban J connectivity index is 2.07. The highest BCUT2D eigenvalue weighted by Crippen LogP contribution is 2.46. The van der Waals surface area contributed by atoms with Gasteiger partial charge < -0.3 is 5.11 Å². The number of fused-ring (bicyclic) bond motifs is 1. The molecule has 3 rings (SSSR count). The van der Waals surface area contributed by atoms with Crippen molar-refractivity contribution in [3.8, 4) is 0 Å². The monoisotopic (exact) mass is 334 g/mol. The summed E-state index contributed by atoms with van der Waals surface area (Å²) in [5.74, 6) is 0. The summed E-state index contributed by atoms with van der Waals surface area (Å²) in [7, 11) is 0. The highest BCUT2D eigenvalue weighted by Gasteiger charge is 2.37. The van der Waals surface area contributed by atoms with E-state index in [9.17, 15) is 5.11 Å². The topological polar surface area (TPSA) is 20.2 Å². The van der Waals surface area contributed by atoms with E-state index in [0.29, 0.717) is 0 Å². The average Bonchev–Trinajstić information content (AvgIpc) is 2.58. The van der Waals surface area contributed by atoms with Crippen LogP contribution in [0.15, 0.2) is 36.4 Å². The zero-order chi connectivity index (χ0) is 18.2. The van der Waals surface area contributed by atoms with Crippen LogP contribution in [0.25, 0.3) is 12.2 Å². The smallest absolute Gasteiger partial charge is 0.0687 e.